The minimum absolute atomic E-state index is 0.274. The molecular weight excluding hydrogens is 320 g/mol. The Hall–Kier alpha value is -3.15. The van der Waals surface area contributed by atoms with Crippen molar-refractivity contribution in [3.05, 3.63) is 64.7 Å². The number of nitrogens with zero attached hydrogens (tertiary/aromatic N) is 1. The van der Waals surface area contributed by atoms with E-state index in [1.165, 1.54) is 0 Å². The molecule has 3 rings (SSSR count). The van der Waals surface area contributed by atoms with Crippen molar-refractivity contribution in [2.24, 2.45) is 0 Å². The van der Waals surface area contributed by atoms with Crippen LogP contribution in [0.25, 0.3) is 0 Å². The third-order valence-electron chi connectivity index (χ3n) is 4.18. The Bertz CT molecular complexity index is 840. The first-order chi connectivity index (χ1) is 11.9. The zero-order chi connectivity index (χ0) is 18.1. The van der Waals surface area contributed by atoms with E-state index in [4.69, 9.17) is 4.74 Å². The fourth-order valence-electron chi connectivity index (χ4n) is 2.54. The van der Waals surface area contributed by atoms with Crippen LogP contribution in [0.4, 0.5) is 0 Å². The average Bonchev–Trinajstić information content (AvgIpc) is 2.83. The second-order valence-corrected chi connectivity index (χ2v) is 5.97. The summed E-state index contributed by atoms with van der Waals surface area (Å²) in [5.74, 6) is -1.12. The molecule has 0 aliphatic carbocycles. The number of fused-ring (bicyclic) bond motifs is 1. The molecule has 0 fully saturated rings. The summed E-state index contributed by atoms with van der Waals surface area (Å²) in [6.45, 7) is 5.49. The van der Waals surface area contributed by atoms with Crippen molar-refractivity contribution in [2.45, 2.75) is 26.9 Å². The van der Waals surface area contributed by atoms with Crippen molar-refractivity contribution in [2.75, 3.05) is 0 Å². The predicted octanol–water partition coefficient (Wildman–Crippen LogP) is 2.40. The average molecular weight is 338 g/mol. The number of benzene rings is 2. The first kappa shape index (κ1) is 16.7. The minimum atomic E-state index is -0.869. The van der Waals surface area contributed by atoms with Gasteiger partial charge in [-0.05, 0) is 56.2 Å². The lowest BCUT2D eigenvalue weighted by atomic mass is 10.1. The highest BCUT2D eigenvalue weighted by Gasteiger charge is 2.37. The maximum absolute atomic E-state index is 12.3. The Morgan fingerprint density at radius 1 is 1.00 bits per heavy atom. The molecule has 3 amide bonds. The summed E-state index contributed by atoms with van der Waals surface area (Å²) in [6.07, 6.45) is -0.869. The van der Waals surface area contributed by atoms with Gasteiger partial charge in [0.05, 0.1) is 11.1 Å². The zero-order valence-corrected chi connectivity index (χ0v) is 14.2. The topological polar surface area (TPSA) is 75.7 Å². The second kappa shape index (κ2) is 6.39. The molecule has 6 heteroatoms. The minimum Gasteiger partial charge on any atom is -0.481 e. The van der Waals surface area contributed by atoms with Gasteiger partial charge in [0, 0.05) is 0 Å². The number of hydrogen-bond donors (Lipinski definition) is 1. The van der Waals surface area contributed by atoms with E-state index in [0.29, 0.717) is 5.75 Å². The van der Waals surface area contributed by atoms with E-state index in [9.17, 15) is 14.4 Å². The normalized spacial score (nSPS) is 14.3. The van der Waals surface area contributed by atoms with Crippen LogP contribution in [-0.4, -0.2) is 28.8 Å². The van der Waals surface area contributed by atoms with Gasteiger partial charge in [0.1, 0.15) is 5.75 Å². The van der Waals surface area contributed by atoms with E-state index in [1.807, 2.05) is 26.0 Å². The summed E-state index contributed by atoms with van der Waals surface area (Å²) < 4.78 is 5.61. The highest BCUT2D eigenvalue weighted by atomic mass is 16.5. The maximum atomic E-state index is 12.3. The van der Waals surface area contributed by atoms with E-state index in [0.717, 1.165) is 16.1 Å². The van der Waals surface area contributed by atoms with Crippen molar-refractivity contribution in [3.8, 4) is 5.75 Å². The van der Waals surface area contributed by atoms with Gasteiger partial charge in [0.15, 0.2) is 6.10 Å². The molecule has 0 aromatic heterocycles. The number of aryl methyl sites for hydroxylation is 2. The fourth-order valence-corrected chi connectivity index (χ4v) is 2.54. The van der Waals surface area contributed by atoms with Crippen LogP contribution >= 0.6 is 0 Å². The van der Waals surface area contributed by atoms with Crippen molar-refractivity contribution in [1.82, 2.24) is 10.4 Å². The molecule has 2 aromatic rings. The Morgan fingerprint density at radius 3 is 2.16 bits per heavy atom. The molecule has 2 aromatic carbocycles. The van der Waals surface area contributed by atoms with Crippen LogP contribution in [-0.2, 0) is 4.79 Å². The number of ether oxygens (including phenoxy) is 1. The van der Waals surface area contributed by atoms with Gasteiger partial charge >= 0.3 is 0 Å². The van der Waals surface area contributed by atoms with Gasteiger partial charge in [0.2, 0.25) is 0 Å². The number of imide groups is 1. The monoisotopic (exact) mass is 338 g/mol. The lowest BCUT2D eigenvalue weighted by Gasteiger charge is -2.19. The molecule has 25 heavy (non-hydrogen) atoms. The van der Waals surface area contributed by atoms with E-state index >= 15 is 0 Å². The molecule has 0 saturated heterocycles. The molecule has 1 aliphatic rings. The molecule has 1 unspecified atom stereocenters. The lowest BCUT2D eigenvalue weighted by molar-refractivity contribution is -0.130. The van der Waals surface area contributed by atoms with E-state index in [-0.39, 0.29) is 11.1 Å². The molecule has 1 N–H and O–H groups in total. The Kier molecular flexibility index (Phi) is 4.27. The molecule has 1 heterocycles. The predicted molar refractivity (Wildman–Crippen MR) is 91.1 cm³/mol. The first-order valence-corrected chi connectivity index (χ1v) is 7.90. The van der Waals surface area contributed by atoms with Crippen molar-refractivity contribution in [3.63, 3.8) is 0 Å². The van der Waals surface area contributed by atoms with Crippen LogP contribution in [0.5, 0.6) is 5.75 Å². The van der Waals surface area contributed by atoms with Crippen molar-refractivity contribution >= 4 is 17.7 Å². The van der Waals surface area contributed by atoms with Gasteiger partial charge in [-0.2, -0.15) is 5.01 Å². The Labute approximate surface area is 145 Å². The SMILES string of the molecule is Cc1ccc(OC(C)C(=O)NN2C(=O)c3ccccc3C2=O)cc1C. The van der Waals surface area contributed by atoms with Crippen LogP contribution in [0.15, 0.2) is 42.5 Å². The summed E-state index contributed by atoms with van der Waals surface area (Å²) in [4.78, 5) is 36.8. The van der Waals surface area contributed by atoms with E-state index in [1.54, 1.807) is 37.3 Å². The molecule has 0 radical (unpaired) electrons. The van der Waals surface area contributed by atoms with Crippen LogP contribution < -0.4 is 10.2 Å². The fraction of sp³-hybridized carbons (Fsp3) is 0.211. The number of hydrogen-bond acceptors (Lipinski definition) is 4. The molecule has 1 atom stereocenters. The van der Waals surface area contributed by atoms with Crippen molar-refractivity contribution in [1.29, 1.82) is 0 Å². The van der Waals surface area contributed by atoms with Crippen LogP contribution in [0.2, 0.25) is 0 Å². The van der Waals surface area contributed by atoms with Gasteiger partial charge in [-0.3, -0.25) is 19.8 Å². The Morgan fingerprint density at radius 2 is 1.60 bits per heavy atom. The van der Waals surface area contributed by atoms with Gasteiger partial charge in [-0.25, -0.2) is 0 Å². The number of amides is 3. The maximum Gasteiger partial charge on any atom is 0.280 e. The molecule has 1 aliphatic heterocycles. The highest BCUT2D eigenvalue weighted by molar-refractivity contribution is 6.21. The summed E-state index contributed by atoms with van der Waals surface area (Å²) in [5, 5.41) is 0.729. The number of carbonyl (C=O) groups excluding carboxylic acids is 3. The summed E-state index contributed by atoms with van der Waals surface area (Å²) in [6, 6.07) is 11.9. The van der Waals surface area contributed by atoms with Crippen LogP contribution in [0.3, 0.4) is 0 Å². The van der Waals surface area contributed by atoms with Crippen LogP contribution in [0, 0.1) is 13.8 Å². The molecule has 6 nitrogen and oxygen atoms in total. The number of hydrazine groups is 1. The zero-order valence-electron chi connectivity index (χ0n) is 14.2. The first-order valence-electron chi connectivity index (χ1n) is 7.90. The number of carbonyl (C=O) groups is 3. The lowest BCUT2D eigenvalue weighted by Crippen LogP contribution is -2.50. The summed E-state index contributed by atoms with van der Waals surface area (Å²) in [7, 11) is 0. The Balaban J connectivity index is 1.69. The van der Waals surface area contributed by atoms with E-state index in [2.05, 4.69) is 5.43 Å². The number of rotatable bonds is 4. The highest BCUT2D eigenvalue weighted by Crippen LogP contribution is 2.21. The van der Waals surface area contributed by atoms with Gasteiger partial charge in [-0.1, -0.05) is 18.2 Å². The van der Waals surface area contributed by atoms with E-state index < -0.39 is 23.8 Å². The second-order valence-electron chi connectivity index (χ2n) is 5.97. The van der Waals surface area contributed by atoms with Gasteiger partial charge in [0.25, 0.3) is 17.7 Å². The molecular formula is C19H18N2O4. The smallest absolute Gasteiger partial charge is 0.280 e. The third-order valence-corrected chi connectivity index (χ3v) is 4.18. The summed E-state index contributed by atoms with van der Waals surface area (Å²) in [5.41, 5.74) is 5.06. The van der Waals surface area contributed by atoms with Gasteiger partial charge in [-0.15, -0.1) is 0 Å². The molecule has 0 saturated carbocycles. The largest absolute Gasteiger partial charge is 0.481 e. The number of nitrogens with one attached hydrogen (secondary N) is 1. The van der Waals surface area contributed by atoms with Crippen LogP contribution in [0.1, 0.15) is 38.8 Å². The molecule has 0 bridgehead atoms. The van der Waals surface area contributed by atoms with Gasteiger partial charge < -0.3 is 4.74 Å². The third kappa shape index (κ3) is 3.10. The molecule has 0 spiro atoms. The van der Waals surface area contributed by atoms with Crippen molar-refractivity contribution < 1.29 is 19.1 Å². The molecule has 128 valence electrons. The summed E-state index contributed by atoms with van der Waals surface area (Å²) >= 11 is 0. The quantitative estimate of drug-likeness (QED) is 0.869. The standard InChI is InChI=1S/C19H18N2O4/c1-11-8-9-14(10-12(11)2)25-13(3)17(22)20-21-18(23)15-6-4-5-7-16(15)19(21)24/h4-10,13H,1-3H3,(H,20,22).